The maximum absolute atomic E-state index is 4.15. The summed E-state index contributed by atoms with van der Waals surface area (Å²) >= 11 is 0. The third-order valence-electron chi connectivity index (χ3n) is 3.83. The van der Waals surface area contributed by atoms with Crippen LogP contribution in [0.25, 0.3) is 0 Å². The number of aliphatic imine (C=N–C) groups is 1. The Hall–Kier alpha value is -2.03. The Bertz CT molecular complexity index is 568. The second-order valence-electron chi connectivity index (χ2n) is 6.03. The lowest BCUT2D eigenvalue weighted by molar-refractivity contribution is 0.757. The quantitative estimate of drug-likeness (QED) is 0.346. The maximum Gasteiger partial charge on any atom is 0.0857 e. The number of benzene rings is 1. The molecule has 2 N–H and O–H groups in total. The molecule has 0 atom stereocenters. The van der Waals surface area contributed by atoms with Crippen LogP contribution in [-0.2, 0) is 0 Å². The smallest absolute Gasteiger partial charge is 0.0857 e. The molecule has 0 aliphatic carbocycles. The Morgan fingerprint density at radius 1 is 1.35 bits per heavy atom. The van der Waals surface area contributed by atoms with Crippen LogP contribution in [0.15, 0.2) is 46.6 Å². The predicted molar refractivity (Wildman–Crippen MR) is 104 cm³/mol. The highest BCUT2D eigenvalue weighted by atomic mass is 15.1. The summed E-state index contributed by atoms with van der Waals surface area (Å²) in [7, 11) is 0. The second kappa shape index (κ2) is 9.88. The summed E-state index contributed by atoms with van der Waals surface area (Å²) in [4.78, 5) is 4.15. The summed E-state index contributed by atoms with van der Waals surface area (Å²) in [6.45, 7) is 15.1. The predicted octanol–water partition coefficient (Wildman–Crippen LogP) is 5.75. The normalized spacial score (nSPS) is 12.4. The van der Waals surface area contributed by atoms with Crippen LogP contribution in [0.4, 0.5) is 11.4 Å². The highest BCUT2D eigenvalue weighted by Crippen LogP contribution is 2.28. The van der Waals surface area contributed by atoms with Crippen LogP contribution in [0.1, 0.15) is 58.9 Å². The number of nitrogens with zero attached hydrogens (tertiary/aromatic N) is 1. The largest absolute Gasteiger partial charge is 0.371 e. The van der Waals surface area contributed by atoms with E-state index in [1.165, 1.54) is 16.8 Å². The van der Waals surface area contributed by atoms with Gasteiger partial charge in [-0.3, -0.25) is 4.99 Å². The molecule has 3 heteroatoms. The summed E-state index contributed by atoms with van der Waals surface area (Å²) < 4.78 is 0. The Morgan fingerprint density at radius 2 is 2.09 bits per heavy atom. The van der Waals surface area contributed by atoms with Gasteiger partial charge in [-0.15, -0.1) is 0 Å². The fourth-order valence-corrected chi connectivity index (χ4v) is 2.46. The molecule has 0 aliphatic rings. The van der Waals surface area contributed by atoms with E-state index in [-0.39, 0.29) is 0 Å². The molecule has 1 rings (SSSR count). The molecule has 0 aromatic heterocycles. The average Bonchev–Trinajstić information content (AvgIpc) is 2.54. The van der Waals surface area contributed by atoms with Crippen molar-refractivity contribution in [2.75, 3.05) is 12.0 Å². The fraction of sp³-hybridized carbons (Fsp3) is 0.450. The van der Waals surface area contributed by atoms with Crippen molar-refractivity contribution in [1.29, 1.82) is 0 Å². The number of hydrogen-bond acceptors (Lipinski definition) is 3. The van der Waals surface area contributed by atoms with Crippen molar-refractivity contribution < 1.29 is 0 Å². The summed E-state index contributed by atoms with van der Waals surface area (Å²) in [6, 6.07) is 6.34. The number of rotatable bonds is 9. The average molecular weight is 313 g/mol. The summed E-state index contributed by atoms with van der Waals surface area (Å²) in [5, 5.41) is 6.91. The molecule has 1 aromatic carbocycles. The Labute approximate surface area is 141 Å². The van der Waals surface area contributed by atoms with Crippen LogP contribution in [-0.4, -0.2) is 13.4 Å². The summed E-state index contributed by atoms with van der Waals surface area (Å²) in [6.07, 6.45) is 6.40. The standard InChI is InChI=1S/C20H31N3/c1-7-9-16(5)18(10-8-2)22-14-23-19-12-11-17(15(3)4)13-20(19)21-6/h7,9,11-13,15,22-23H,6,8,10,14H2,1-5H3/b9-7-,18-16+. The van der Waals surface area contributed by atoms with E-state index in [0.29, 0.717) is 12.6 Å². The summed E-state index contributed by atoms with van der Waals surface area (Å²) in [5.74, 6) is 0.491. The first-order chi connectivity index (χ1) is 11.0. The molecule has 0 unspecified atom stereocenters. The molecule has 126 valence electrons. The van der Waals surface area contributed by atoms with Gasteiger partial charge in [-0.2, -0.15) is 0 Å². The second-order valence-corrected chi connectivity index (χ2v) is 6.03. The van der Waals surface area contributed by atoms with Gasteiger partial charge in [0.25, 0.3) is 0 Å². The molecule has 3 nitrogen and oxygen atoms in total. The number of allylic oxidation sites excluding steroid dienone is 4. The zero-order chi connectivity index (χ0) is 17.2. The van der Waals surface area contributed by atoms with Crippen LogP contribution in [0, 0.1) is 0 Å². The van der Waals surface area contributed by atoms with Gasteiger partial charge in [0.1, 0.15) is 0 Å². The molecule has 0 saturated heterocycles. The van der Waals surface area contributed by atoms with E-state index < -0.39 is 0 Å². The van der Waals surface area contributed by atoms with Gasteiger partial charge < -0.3 is 10.6 Å². The Morgan fingerprint density at radius 3 is 2.65 bits per heavy atom. The van der Waals surface area contributed by atoms with Gasteiger partial charge in [-0.25, -0.2) is 0 Å². The van der Waals surface area contributed by atoms with Gasteiger partial charge in [0.15, 0.2) is 0 Å². The first-order valence-corrected chi connectivity index (χ1v) is 8.44. The lowest BCUT2D eigenvalue weighted by Gasteiger charge is -2.16. The van der Waals surface area contributed by atoms with Gasteiger partial charge in [-0.05, 0) is 56.2 Å². The molecule has 0 saturated carbocycles. The topological polar surface area (TPSA) is 36.4 Å². The van der Waals surface area contributed by atoms with E-state index in [1.807, 2.05) is 6.92 Å². The third-order valence-corrected chi connectivity index (χ3v) is 3.83. The van der Waals surface area contributed by atoms with E-state index in [0.717, 1.165) is 24.2 Å². The van der Waals surface area contributed by atoms with Gasteiger partial charge in [0.2, 0.25) is 0 Å². The first kappa shape index (κ1) is 19.0. The number of anilines is 1. The van der Waals surface area contributed by atoms with Crippen molar-refractivity contribution in [1.82, 2.24) is 5.32 Å². The van der Waals surface area contributed by atoms with E-state index in [9.17, 15) is 0 Å². The fourth-order valence-electron chi connectivity index (χ4n) is 2.46. The molecule has 0 amide bonds. The highest BCUT2D eigenvalue weighted by Gasteiger charge is 2.05. The van der Waals surface area contributed by atoms with E-state index in [1.54, 1.807) is 0 Å². The molecule has 0 spiro atoms. The molecule has 0 bridgehead atoms. The van der Waals surface area contributed by atoms with Gasteiger partial charge in [0.05, 0.1) is 18.0 Å². The Kier molecular flexibility index (Phi) is 8.17. The minimum absolute atomic E-state index is 0.491. The van der Waals surface area contributed by atoms with E-state index >= 15 is 0 Å². The van der Waals surface area contributed by atoms with Crippen molar-refractivity contribution >= 4 is 18.1 Å². The lowest BCUT2D eigenvalue weighted by atomic mass is 10.0. The van der Waals surface area contributed by atoms with Gasteiger partial charge >= 0.3 is 0 Å². The van der Waals surface area contributed by atoms with Crippen molar-refractivity contribution in [3.8, 4) is 0 Å². The molecular weight excluding hydrogens is 282 g/mol. The molecule has 0 fully saturated rings. The van der Waals surface area contributed by atoms with Gasteiger partial charge in [0, 0.05) is 5.70 Å². The van der Waals surface area contributed by atoms with Crippen LogP contribution in [0.3, 0.4) is 0 Å². The van der Waals surface area contributed by atoms with E-state index in [4.69, 9.17) is 0 Å². The zero-order valence-electron chi connectivity index (χ0n) is 15.2. The third kappa shape index (κ3) is 5.93. The number of nitrogens with one attached hydrogen (secondary N) is 2. The lowest BCUT2D eigenvalue weighted by Crippen LogP contribution is -2.22. The minimum Gasteiger partial charge on any atom is -0.371 e. The summed E-state index contributed by atoms with van der Waals surface area (Å²) in [5.41, 5.74) is 5.76. The molecule has 0 aliphatic heterocycles. The highest BCUT2D eigenvalue weighted by molar-refractivity contribution is 5.68. The van der Waals surface area contributed by atoms with Crippen LogP contribution in [0.2, 0.25) is 0 Å². The molecule has 0 radical (unpaired) electrons. The van der Waals surface area contributed by atoms with E-state index in [2.05, 4.69) is 80.4 Å². The van der Waals surface area contributed by atoms with Crippen LogP contribution in [0.5, 0.6) is 0 Å². The minimum atomic E-state index is 0.491. The maximum atomic E-state index is 4.15. The van der Waals surface area contributed by atoms with Crippen molar-refractivity contribution in [2.24, 2.45) is 4.99 Å². The van der Waals surface area contributed by atoms with Crippen molar-refractivity contribution in [2.45, 2.75) is 53.4 Å². The molecule has 1 aromatic rings. The monoisotopic (exact) mass is 313 g/mol. The Balaban J connectivity index is 2.77. The number of hydrogen-bond donors (Lipinski definition) is 2. The zero-order valence-corrected chi connectivity index (χ0v) is 15.2. The SMILES string of the molecule is C=Nc1cc(C(C)C)ccc1NCN/C(CCC)=C(C)/C=C\C. The van der Waals surface area contributed by atoms with Crippen LogP contribution < -0.4 is 10.6 Å². The first-order valence-electron chi connectivity index (χ1n) is 8.44. The molecule has 0 heterocycles. The van der Waals surface area contributed by atoms with Gasteiger partial charge in [-0.1, -0.05) is 45.4 Å². The van der Waals surface area contributed by atoms with Crippen molar-refractivity contribution in [3.05, 3.63) is 47.2 Å². The molecule has 23 heavy (non-hydrogen) atoms. The van der Waals surface area contributed by atoms with Crippen LogP contribution >= 0.6 is 0 Å². The van der Waals surface area contributed by atoms with Crippen molar-refractivity contribution in [3.63, 3.8) is 0 Å². The molecular formula is C20H31N3.